The Balaban J connectivity index is 2.18. The number of benzene rings is 1. The number of sulfone groups is 1. The summed E-state index contributed by atoms with van der Waals surface area (Å²) in [6.45, 7) is 0. The van der Waals surface area contributed by atoms with Gasteiger partial charge < -0.3 is 0 Å². The minimum absolute atomic E-state index is 0.0438. The van der Waals surface area contributed by atoms with Crippen molar-refractivity contribution in [1.82, 2.24) is 14.8 Å². The van der Waals surface area contributed by atoms with E-state index in [4.69, 9.17) is 11.6 Å². The van der Waals surface area contributed by atoms with Crippen molar-refractivity contribution in [1.29, 1.82) is 0 Å². The van der Waals surface area contributed by atoms with Crippen molar-refractivity contribution in [3.8, 4) is 0 Å². The van der Waals surface area contributed by atoms with Crippen LogP contribution in [0.25, 0.3) is 12.3 Å². The van der Waals surface area contributed by atoms with E-state index in [0.717, 1.165) is 17.4 Å². The van der Waals surface area contributed by atoms with E-state index in [-0.39, 0.29) is 5.16 Å². The molecule has 1 aromatic carbocycles. The zero-order valence-corrected chi connectivity index (χ0v) is 11.6. The number of hydrogen-bond donors (Lipinski definition) is 0. The highest BCUT2D eigenvalue weighted by molar-refractivity contribution is 7.90. The van der Waals surface area contributed by atoms with Gasteiger partial charge in [-0.15, -0.1) is 10.2 Å². The van der Waals surface area contributed by atoms with Gasteiger partial charge in [0.05, 0.1) is 0 Å². The molecule has 0 saturated heterocycles. The predicted octanol–water partition coefficient (Wildman–Crippen LogP) is 1.87. The van der Waals surface area contributed by atoms with E-state index in [1.54, 1.807) is 12.3 Å². The van der Waals surface area contributed by atoms with Gasteiger partial charge >= 0.3 is 0 Å². The molecule has 0 N–H and O–H groups in total. The summed E-state index contributed by atoms with van der Waals surface area (Å²) in [5.41, 5.74) is 1.99. The van der Waals surface area contributed by atoms with Crippen LogP contribution in [0.15, 0.2) is 23.4 Å². The van der Waals surface area contributed by atoms with Crippen LogP contribution in [0.4, 0.5) is 0 Å². The maximum Gasteiger partial charge on any atom is 0.253 e. The molecule has 19 heavy (non-hydrogen) atoms. The fraction of sp³-hybridized carbons (Fsp3) is 0.167. The monoisotopic (exact) mass is 295 g/mol. The van der Waals surface area contributed by atoms with Crippen LogP contribution < -0.4 is 0 Å². The van der Waals surface area contributed by atoms with Crippen LogP contribution in [0.5, 0.6) is 0 Å². The Bertz CT molecular complexity index is 793. The Morgan fingerprint density at radius 1 is 1.32 bits per heavy atom. The summed E-state index contributed by atoms with van der Waals surface area (Å²) < 4.78 is 24.8. The highest BCUT2D eigenvalue weighted by Gasteiger charge is 2.21. The summed E-state index contributed by atoms with van der Waals surface area (Å²) in [6, 6.07) is 5.55. The molecule has 98 valence electrons. The molecular formula is C12H10ClN3O2S. The Morgan fingerprint density at radius 2 is 2.11 bits per heavy atom. The maximum absolute atomic E-state index is 11.6. The molecule has 1 aliphatic heterocycles. The summed E-state index contributed by atoms with van der Waals surface area (Å²) in [6.07, 6.45) is 5.11. The average molecular weight is 296 g/mol. The van der Waals surface area contributed by atoms with E-state index >= 15 is 0 Å². The lowest BCUT2D eigenvalue weighted by molar-refractivity contribution is 0.590. The summed E-state index contributed by atoms with van der Waals surface area (Å²) >= 11 is 5.95. The predicted molar refractivity (Wildman–Crippen MR) is 72.6 cm³/mol. The Morgan fingerprint density at radius 3 is 2.84 bits per heavy atom. The highest BCUT2D eigenvalue weighted by Crippen LogP contribution is 2.24. The van der Waals surface area contributed by atoms with Crippen LogP contribution in [0.1, 0.15) is 17.0 Å². The summed E-state index contributed by atoms with van der Waals surface area (Å²) in [7, 11) is -3.40. The van der Waals surface area contributed by atoms with Crippen molar-refractivity contribution < 1.29 is 8.42 Å². The fourth-order valence-corrected chi connectivity index (χ4v) is 2.93. The minimum Gasteiger partial charge on any atom is -0.277 e. The second-order valence-corrected chi connectivity index (χ2v) is 6.72. The molecule has 7 heteroatoms. The van der Waals surface area contributed by atoms with Crippen LogP contribution in [0.2, 0.25) is 5.02 Å². The van der Waals surface area contributed by atoms with Gasteiger partial charge in [-0.3, -0.25) is 4.57 Å². The van der Waals surface area contributed by atoms with E-state index in [2.05, 4.69) is 10.2 Å². The molecule has 2 heterocycles. The minimum atomic E-state index is -3.40. The van der Waals surface area contributed by atoms with E-state index in [0.29, 0.717) is 17.3 Å². The first-order chi connectivity index (χ1) is 8.95. The zero-order valence-electron chi connectivity index (χ0n) is 10.0. The molecule has 0 unspecified atom stereocenters. The van der Waals surface area contributed by atoms with Gasteiger partial charge in [0.2, 0.25) is 9.84 Å². The van der Waals surface area contributed by atoms with Crippen molar-refractivity contribution in [2.24, 2.45) is 0 Å². The molecule has 0 amide bonds. The molecule has 0 saturated carbocycles. The molecule has 0 spiro atoms. The van der Waals surface area contributed by atoms with Crippen molar-refractivity contribution in [2.75, 3.05) is 6.26 Å². The van der Waals surface area contributed by atoms with Gasteiger partial charge in [0.25, 0.3) is 5.16 Å². The first-order valence-corrected chi connectivity index (χ1v) is 7.82. The molecule has 0 atom stereocenters. The maximum atomic E-state index is 11.6. The Hall–Kier alpha value is -1.66. The number of fused-ring (bicyclic) bond motifs is 2. The van der Waals surface area contributed by atoms with Gasteiger partial charge in [-0.1, -0.05) is 17.7 Å². The first kappa shape index (κ1) is 12.4. The lowest BCUT2D eigenvalue weighted by Crippen LogP contribution is -2.06. The second kappa shape index (κ2) is 4.18. The molecule has 2 aromatic rings. The Labute approximate surface area is 115 Å². The average Bonchev–Trinajstić information content (AvgIpc) is 2.64. The number of aromatic nitrogens is 3. The largest absolute Gasteiger partial charge is 0.277 e. The van der Waals surface area contributed by atoms with Crippen LogP contribution in [0.3, 0.4) is 0 Å². The molecule has 5 nitrogen and oxygen atoms in total. The molecule has 0 fully saturated rings. The molecule has 0 radical (unpaired) electrons. The quantitative estimate of drug-likeness (QED) is 0.687. The molecule has 1 aliphatic rings. The van der Waals surface area contributed by atoms with Gasteiger partial charge in [-0.2, -0.15) is 0 Å². The molecule has 0 bridgehead atoms. The summed E-state index contributed by atoms with van der Waals surface area (Å²) in [4.78, 5) is 0. The van der Waals surface area contributed by atoms with Crippen molar-refractivity contribution in [2.45, 2.75) is 11.6 Å². The SMILES string of the molecule is CS(=O)(=O)c1nnc2n1C=Cc1cc(Cl)ccc1C2. The van der Waals surface area contributed by atoms with Gasteiger partial charge in [0.15, 0.2) is 0 Å². The van der Waals surface area contributed by atoms with E-state index < -0.39 is 9.84 Å². The third kappa shape index (κ3) is 2.17. The van der Waals surface area contributed by atoms with Gasteiger partial charge in [0, 0.05) is 23.9 Å². The number of rotatable bonds is 1. The van der Waals surface area contributed by atoms with Crippen LogP contribution >= 0.6 is 11.6 Å². The van der Waals surface area contributed by atoms with E-state index in [1.165, 1.54) is 4.57 Å². The fourth-order valence-electron chi connectivity index (χ4n) is 2.04. The van der Waals surface area contributed by atoms with Crippen molar-refractivity contribution >= 4 is 33.7 Å². The lowest BCUT2D eigenvalue weighted by Gasteiger charge is -2.02. The van der Waals surface area contributed by atoms with Gasteiger partial charge in [0.1, 0.15) is 5.82 Å². The number of halogens is 1. The standard InChI is InChI=1S/C12H10ClN3O2S/c1-19(17,18)12-15-14-11-7-8-2-3-10(13)6-9(8)4-5-16(11)12/h2-6H,7H2,1H3. The molecule has 0 aliphatic carbocycles. The smallest absolute Gasteiger partial charge is 0.253 e. The lowest BCUT2D eigenvalue weighted by atomic mass is 10.1. The highest BCUT2D eigenvalue weighted by atomic mass is 35.5. The third-order valence-electron chi connectivity index (χ3n) is 2.93. The topological polar surface area (TPSA) is 64.8 Å². The third-order valence-corrected chi connectivity index (χ3v) is 4.10. The van der Waals surface area contributed by atoms with Crippen LogP contribution in [0, 0.1) is 0 Å². The molecule has 3 rings (SSSR count). The first-order valence-electron chi connectivity index (χ1n) is 5.55. The van der Waals surface area contributed by atoms with Crippen molar-refractivity contribution in [3.05, 3.63) is 40.2 Å². The molecular weight excluding hydrogens is 286 g/mol. The van der Waals surface area contributed by atoms with Crippen molar-refractivity contribution in [3.63, 3.8) is 0 Å². The number of hydrogen-bond acceptors (Lipinski definition) is 4. The summed E-state index contributed by atoms with van der Waals surface area (Å²) in [5, 5.41) is 8.30. The molecule has 1 aromatic heterocycles. The van der Waals surface area contributed by atoms with E-state index in [9.17, 15) is 8.42 Å². The summed E-state index contributed by atoms with van der Waals surface area (Å²) in [5.74, 6) is 0.595. The van der Waals surface area contributed by atoms with Gasteiger partial charge in [-0.05, 0) is 29.3 Å². The normalized spacial score (nSPS) is 13.8. The zero-order chi connectivity index (χ0) is 13.6. The second-order valence-electron chi connectivity index (χ2n) is 4.38. The van der Waals surface area contributed by atoms with Gasteiger partial charge in [-0.25, -0.2) is 8.42 Å². The van der Waals surface area contributed by atoms with E-state index in [1.807, 2.05) is 18.2 Å². The Kier molecular flexibility index (Phi) is 2.72. The van der Waals surface area contributed by atoms with Crippen LogP contribution in [-0.2, 0) is 16.3 Å². The van der Waals surface area contributed by atoms with Crippen LogP contribution in [-0.4, -0.2) is 29.4 Å². The number of nitrogens with zero attached hydrogens (tertiary/aromatic N) is 3.